The maximum Gasteiger partial charge on any atom is 0.387 e. The molecule has 0 aliphatic carbocycles. The molecule has 1 aliphatic rings. The van der Waals surface area contributed by atoms with Crippen LogP contribution in [-0.2, 0) is 14.8 Å². The van der Waals surface area contributed by atoms with E-state index in [4.69, 9.17) is 16.1 Å². The van der Waals surface area contributed by atoms with Crippen molar-refractivity contribution in [2.75, 3.05) is 11.9 Å². The average molecular weight is 450 g/mol. The van der Waals surface area contributed by atoms with Gasteiger partial charge in [0.1, 0.15) is 22.4 Å². The van der Waals surface area contributed by atoms with Gasteiger partial charge in [-0.2, -0.15) is 13.1 Å². The van der Waals surface area contributed by atoms with E-state index in [1.165, 1.54) is 32.0 Å². The molecule has 1 saturated heterocycles. The summed E-state index contributed by atoms with van der Waals surface area (Å²) in [4.78, 5) is 12.7. The van der Waals surface area contributed by atoms with Crippen molar-refractivity contribution in [3.05, 3.63) is 34.7 Å². The highest BCUT2D eigenvalue weighted by Crippen LogP contribution is 2.32. The molecule has 0 spiro atoms. The van der Waals surface area contributed by atoms with E-state index < -0.39 is 28.6 Å². The fourth-order valence-electron chi connectivity index (χ4n) is 3.25. The number of aryl methyl sites for hydroxylation is 2. The van der Waals surface area contributed by atoms with Gasteiger partial charge >= 0.3 is 6.61 Å². The minimum atomic E-state index is -3.98. The van der Waals surface area contributed by atoms with Gasteiger partial charge in [-0.3, -0.25) is 4.79 Å². The van der Waals surface area contributed by atoms with Crippen molar-refractivity contribution >= 4 is 33.2 Å². The molecule has 2 heterocycles. The van der Waals surface area contributed by atoms with E-state index in [2.05, 4.69) is 15.2 Å². The Morgan fingerprint density at radius 2 is 2.14 bits per heavy atom. The molecule has 12 heteroatoms. The quantitative estimate of drug-likeness (QED) is 0.725. The molecule has 1 N–H and O–H groups in total. The van der Waals surface area contributed by atoms with Crippen molar-refractivity contribution in [2.24, 2.45) is 0 Å². The van der Waals surface area contributed by atoms with Crippen LogP contribution in [0.4, 0.5) is 14.5 Å². The third-order valence-electron chi connectivity index (χ3n) is 4.46. The van der Waals surface area contributed by atoms with Gasteiger partial charge in [-0.1, -0.05) is 16.8 Å². The number of ether oxygens (including phenoxy) is 1. The summed E-state index contributed by atoms with van der Waals surface area (Å²) in [6.07, 6.45) is 0.831. The lowest BCUT2D eigenvalue weighted by molar-refractivity contribution is -0.119. The van der Waals surface area contributed by atoms with E-state index in [1.807, 2.05) is 0 Å². The van der Waals surface area contributed by atoms with E-state index >= 15 is 0 Å². The number of alkyl halides is 2. The highest BCUT2D eigenvalue weighted by molar-refractivity contribution is 7.89. The third kappa shape index (κ3) is 4.36. The zero-order chi connectivity index (χ0) is 21.3. The van der Waals surface area contributed by atoms with E-state index in [1.54, 1.807) is 0 Å². The second-order valence-electron chi connectivity index (χ2n) is 6.44. The standard InChI is InChI=1S/C17H18ClF2N3O5S/c1-9-15(10(2)28-22-9)29(25,26)23-7-3-4-13(23)16(24)21-11-5-6-14(12(18)8-11)27-17(19)20/h5-6,8,13,17H,3-4,7H2,1-2H3,(H,21,24). The number of halogens is 3. The molecule has 1 unspecified atom stereocenters. The first-order chi connectivity index (χ1) is 13.6. The Morgan fingerprint density at radius 1 is 1.41 bits per heavy atom. The van der Waals surface area contributed by atoms with Gasteiger partial charge in [0.2, 0.25) is 15.9 Å². The maximum absolute atomic E-state index is 13.0. The summed E-state index contributed by atoms with van der Waals surface area (Å²) < 4.78 is 61.0. The number of amides is 1. The lowest BCUT2D eigenvalue weighted by Gasteiger charge is -2.23. The highest BCUT2D eigenvalue weighted by Gasteiger charge is 2.41. The summed E-state index contributed by atoms with van der Waals surface area (Å²) >= 11 is 5.89. The van der Waals surface area contributed by atoms with E-state index in [-0.39, 0.29) is 39.4 Å². The number of carbonyl (C=O) groups is 1. The van der Waals surface area contributed by atoms with Crippen LogP contribution in [0.25, 0.3) is 0 Å². The number of anilines is 1. The predicted octanol–water partition coefficient (Wildman–Crippen LogP) is 3.34. The topological polar surface area (TPSA) is 102 Å². The Bertz CT molecular complexity index is 1010. The zero-order valence-electron chi connectivity index (χ0n) is 15.5. The maximum atomic E-state index is 13.0. The summed E-state index contributed by atoms with van der Waals surface area (Å²) in [6, 6.07) is 2.84. The van der Waals surface area contributed by atoms with Crippen molar-refractivity contribution in [1.82, 2.24) is 9.46 Å². The SMILES string of the molecule is Cc1noc(C)c1S(=O)(=O)N1CCCC1C(=O)Nc1ccc(OC(F)F)c(Cl)c1. The fraction of sp³-hybridized carbons (Fsp3) is 0.412. The van der Waals surface area contributed by atoms with Crippen LogP contribution in [0.15, 0.2) is 27.6 Å². The molecule has 1 fully saturated rings. The van der Waals surface area contributed by atoms with Crippen molar-refractivity contribution < 1.29 is 31.3 Å². The average Bonchev–Trinajstić information content (AvgIpc) is 3.24. The number of hydrogen-bond donors (Lipinski definition) is 1. The number of nitrogens with zero attached hydrogens (tertiary/aromatic N) is 2. The molecule has 1 aromatic carbocycles. The van der Waals surface area contributed by atoms with E-state index in [9.17, 15) is 22.0 Å². The summed E-state index contributed by atoms with van der Waals surface area (Å²) in [7, 11) is -3.98. The van der Waals surface area contributed by atoms with Crippen LogP contribution in [0.1, 0.15) is 24.3 Å². The van der Waals surface area contributed by atoms with Crippen LogP contribution >= 0.6 is 11.6 Å². The number of aromatic nitrogens is 1. The monoisotopic (exact) mass is 449 g/mol. The molecule has 0 bridgehead atoms. The summed E-state index contributed by atoms with van der Waals surface area (Å²) in [5, 5.41) is 6.12. The van der Waals surface area contributed by atoms with Gasteiger partial charge < -0.3 is 14.6 Å². The lowest BCUT2D eigenvalue weighted by Crippen LogP contribution is -2.43. The van der Waals surface area contributed by atoms with Crippen LogP contribution < -0.4 is 10.1 Å². The molecular formula is C17H18ClF2N3O5S. The molecule has 1 atom stereocenters. The number of carbonyl (C=O) groups excluding carboxylic acids is 1. The van der Waals surface area contributed by atoms with Gasteiger partial charge in [-0.05, 0) is 44.9 Å². The van der Waals surface area contributed by atoms with Crippen LogP contribution in [0.2, 0.25) is 5.02 Å². The first kappa shape index (κ1) is 21.5. The van der Waals surface area contributed by atoms with E-state index in [0.717, 1.165) is 4.31 Å². The Balaban J connectivity index is 1.80. The number of rotatable bonds is 6. The van der Waals surface area contributed by atoms with Crippen molar-refractivity contribution in [2.45, 2.75) is 44.2 Å². The second kappa shape index (κ2) is 8.25. The van der Waals surface area contributed by atoms with Gasteiger partial charge in [0.05, 0.1) is 5.02 Å². The zero-order valence-corrected chi connectivity index (χ0v) is 17.1. The summed E-state index contributed by atoms with van der Waals surface area (Å²) in [6.45, 7) is 0.143. The van der Waals surface area contributed by atoms with Gasteiger partial charge in [-0.15, -0.1) is 0 Å². The van der Waals surface area contributed by atoms with E-state index in [0.29, 0.717) is 12.8 Å². The van der Waals surface area contributed by atoms with Gasteiger partial charge in [-0.25, -0.2) is 8.42 Å². The Morgan fingerprint density at radius 3 is 2.72 bits per heavy atom. The van der Waals surface area contributed by atoms with Crippen molar-refractivity contribution in [1.29, 1.82) is 0 Å². The Kier molecular flexibility index (Phi) is 6.11. The Labute approximate surface area is 170 Å². The third-order valence-corrected chi connectivity index (χ3v) is 6.91. The fourth-order valence-corrected chi connectivity index (χ4v) is 5.42. The van der Waals surface area contributed by atoms with Gasteiger partial charge in [0.15, 0.2) is 5.76 Å². The van der Waals surface area contributed by atoms with Crippen molar-refractivity contribution in [3.8, 4) is 5.75 Å². The van der Waals surface area contributed by atoms with Crippen molar-refractivity contribution in [3.63, 3.8) is 0 Å². The van der Waals surface area contributed by atoms with Crippen LogP contribution in [0, 0.1) is 13.8 Å². The highest BCUT2D eigenvalue weighted by atomic mass is 35.5. The molecule has 0 saturated carbocycles. The molecule has 29 heavy (non-hydrogen) atoms. The number of nitrogens with one attached hydrogen (secondary N) is 1. The molecule has 0 radical (unpaired) electrons. The summed E-state index contributed by atoms with van der Waals surface area (Å²) in [5.41, 5.74) is 0.443. The normalized spacial score (nSPS) is 17.7. The number of benzene rings is 1. The minimum absolute atomic E-state index is 0.0475. The second-order valence-corrected chi connectivity index (χ2v) is 8.67. The van der Waals surface area contributed by atoms with Gasteiger partial charge in [0, 0.05) is 12.2 Å². The molecule has 8 nitrogen and oxygen atoms in total. The molecular weight excluding hydrogens is 432 g/mol. The molecule has 158 valence electrons. The molecule has 3 rings (SSSR count). The molecule has 1 aliphatic heterocycles. The number of sulfonamides is 1. The molecule has 1 amide bonds. The lowest BCUT2D eigenvalue weighted by atomic mass is 10.2. The largest absolute Gasteiger partial charge is 0.433 e. The summed E-state index contributed by atoms with van der Waals surface area (Å²) in [5.74, 6) is -0.644. The van der Waals surface area contributed by atoms with Crippen LogP contribution in [-0.4, -0.2) is 43.0 Å². The first-order valence-corrected chi connectivity index (χ1v) is 10.4. The molecule has 2 aromatic rings. The smallest absolute Gasteiger partial charge is 0.387 e. The predicted molar refractivity (Wildman–Crippen MR) is 99.6 cm³/mol. The molecule has 1 aromatic heterocycles. The number of hydrogen-bond acceptors (Lipinski definition) is 6. The van der Waals surface area contributed by atoms with Gasteiger partial charge in [0.25, 0.3) is 0 Å². The van der Waals surface area contributed by atoms with Crippen LogP contribution in [0.5, 0.6) is 5.75 Å². The minimum Gasteiger partial charge on any atom is -0.433 e. The Hall–Kier alpha value is -2.24. The van der Waals surface area contributed by atoms with Crippen LogP contribution in [0.3, 0.4) is 0 Å². The first-order valence-electron chi connectivity index (χ1n) is 8.61.